The van der Waals surface area contributed by atoms with E-state index in [-0.39, 0.29) is 0 Å². The summed E-state index contributed by atoms with van der Waals surface area (Å²) < 4.78 is 21.2. The van der Waals surface area contributed by atoms with Crippen LogP contribution in [-0.4, -0.2) is 68.8 Å². The topological polar surface area (TPSA) is 78.0 Å². The molecule has 0 amide bonds. The zero-order valence-electron chi connectivity index (χ0n) is 26.3. The maximum atomic E-state index is 5.72. The molecule has 2 aromatic carbocycles. The molecule has 1 N–H and O–H groups in total. The maximum Gasteiger partial charge on any atom is 0.156 e. The molecule has 0 unspecified atom stereocenters. The molecular formula is C35H46N4O4. The molecule has 8 heteroatoms. The zero-order valence-corrected chi connectivity index (χ0v) is 26.3. The monoisotopic (exact) mass is 586 g/mol. The Morgan fingerprint density at radius 1 is 0.860 bits per heavy atom. The average Bonchev–Trinajstić information content (AvgIpc) is 3.31. The number of methoxy groups -OCH3 is 3. The van der Waals surface area contributed by atoms with Crippen molar-refractivity contribution >= 4 is 22.2 Å². The van der Waals surface area contributed by atoms with Crippen molar-refractivity contribution in [1.82, 2.24) is 15.1 Å². The molecule has 0 radical (unpaired) electrons. The Hall–Kier alpha value is -3.88. The van der Waals surface area contributed by atoms with Gasteiger partial charge in [0.1, 0.15) is 23.0 Å². The highest BCUT2D eigenvalue weighted by atomic mass is 16.5. The van der Waals surface area contributed by atoms with Crippen molar-refractivity contribution in [2.75, 3.05) is 52.9 Å². The Labute approximate surface area is 256 Å². The van der Waals surface area contributed by atoms with Gasteiger partial charge in [0.15, 0.2) is 5.82 Å². The molecule has 1 aliphatic heterocycles. The molecule has 43 heavy (non-hydrogen) atoms. The van der Waals surface area contributed by atoms with Crippen LogP contribution in [0.2, 0.25) is 0 Å². The average molecular weight is 587 g/mol. The Morgan fingerprint density at radius 2 is 1.60 bits per heavy atom. The van der Waals surface area contributed by atoms with E-state index in [1.165, 1.54) is 5.56 Å². The first-order valence-electron chi connectivity index (χ1n) is 15.2. The zero-order chi connectivity index (χ0) is 30.4. The fourth-order valence-electron chi connectivity index (χ4n) is 5.12. The highest BCUT2D eigenvalue weighted by Crippen LogP contribution is 2.33. The number of allylic oxidation sites excluding steroid dienone is 5. The summed E-state index contributed by atoms with van der Waals surface area (Å²) in [6.07, 6.45) is 12.1. The summed E-state index contributed by atoms with van der Waals surface area (Å²) in [5.41, 5.74) is 3.21. The van der Waals surface area contributed by atoms with Crippen LogP contribution in [0.5, 0.6) is 11.5 Å². The minimum Gasteiger partial charge on any atom is -0.497 e. The van der Waals surface area contributed by atoms with Crippen molar-refractivity contribution in [3.8, 4) is 11.5 Å². The van der Waals surface area contributed by atoms with Gasteiger partial charge in [-0.25, -0.2) is 0 Å². The minimum atomic E-state index is 0.339. The quantitative estimate of drug-likeness (QED) is 0.257. The Balaban J connectivity index is 0.000000996. The summed E-state index contributed by atoms with van der Waals surface area (Å²) >= 11 is 0. The lowest BCUT2D eigenvalue weighted by Gasteiger charge is -2.32. The third-order valence-electron chi connectivity index (χ3n) is 7.60. The molecule has 2 heterocycles. The molecular weight excluding hydrogens is 540 g/mol. The largest absolute Gasteiger partial charge is 0.497 e. The van der Waals surface area contributed by atoms with Gasteiger partial charge in [-0.15, -0.1) is 10.2 Å². The van der Waals surface area contributed by atoms with Gasteiger partial charge < -0.3 is 24.3 Å². The van der Waals surface area contributed by atoms with E-state index < -0.39 is 0 Å². The summed E-state index contributed by atoms with van der Waals surface area (Å²) in [6.45, 7) is 8.68. The molecule has 8 nitrogen and oxygen atoms in total. The number of nitrogens with one attached hydrogen (secondary N) is 1. The van der Waals surface area contributed by atoms with Crippen LogP contribution >= 0.6 is 0 Å². The minimum absolute atomic E-state index is 0.339. The van der Waals surface area contributed by atoms with E-state index in [4.69, 9.17) is 14.2 Å². The number of likely N-dealkylation sites (tertiary alicyclic amines) is 1. The van der Waals surface area contributed by atoms with E-state index in [0.717, 1.165) is 104 Å². The molecule has 0 saturated carbocycles. The van der Waals surface area contributed by atoms with Gasteiger partial charge in [-0.3, -0.25) is 4.90 Å². The first-order chi connectivity index (χ1) is 21.1. The van der Waals surface area contributed by atoms with Gasteiger partial charge in [-0.05, 0) is 92.3 Å². The number of aromatic nitrogens is 2. The van der Waals surface area contributed by atoms with Crippen molar-refractivity contribution in [2.24, 2.45) is 0 Å². The number of nitrogens with zero attached hydrogens (tertiary/aromatic N) is 3. The van der Waals surface area contributed by atoms with Crippen molar-refractivity contribution in [2.45, 2.75) is 52.1 Å². The number of hydrogen-bond donors (Lipinski definition) is 1. The summed E-state index contributed by atoms with van der Waals surface area (Å²) in [6, 6.07) is 15.0. The molecule has 5 rings (SSSR count). The molecule has 0 atom stereocenters. The third-order valence-corrected chi connectivity index (χ3v) is 7.60. The maximum absolute atomic E-state index is 5.72. The SMILES string of the molecule is CCCOc1ccc(CN2CCC(Nc3nnc(C4=CCC=C(OC)C=C4)c4ccc(OC)cc34)CC2)cc1.CCOC. The molecule has 3 aromatic rings. The van der Waals surface area contributed by atoms with E-state index in [0.29, 0.717) is 6.04 Å². The van der Waals surface area contributed by atoms with Crippen LogP contribution in [0.3, 0.4) is 0 Å². The highest BCUT2D eigenvalue weighted by molar-refractivity contribution is 6.00. The molecule has 1 aromatic heterocycles. The number of fused-ring (bicyclic) bond motifs is 1. The van der Waals surface area contributed by atoms with E-state index in [2.05, 4.69) is 80.6 Å². The van der Waals surface area contributed by atoms with Crippen molar-refractivity contribution < 1.29 is 18.9 Å². The fourth-order valence-corrected chi connectivity index (χ4v) is 5.12. The second-order valence-electron chi connectivity index (χ2n) is 10.6. The lowest BCUT2D eigenvalue weighted by atomic mass is 10.0. The number of anilines is 1. The smallest absolute Gasteiger partial charge is 0.156 e. The van der Waals surface area contributed by atoms with E-state index in [9.17, 15) is 0 Å². The van der Waals surface area contributed by atoms with E-state index in [1.54, 1.807) is 21.3 Å². The van der Waals surface area contributed by atoms with E-state index in [1.807, 2.05) is 25.1 Å². The first kappa shape index (κ1) is 32.0. The van der Waals surface area contributed by atoms with Crippen molar-refractivity contribution in [1.29, 1.82) is 0 Å². The molecule has 1 fully saturated rings. The number of ether oxygens (including phenoxy) is 4. The molecule has 1 saturated heterocycles. The summed E-state index contributed by atoms with van der Waals surface area (Å²) in [5.74, 6) is 3.41. The van der Waals surface area contributed by atoms with Gasteiger partial charge >= 0.3 is 0 Å². The number of rotatable bonds is 11. The molecule has 1 aliphatic carbocycles. The van der Waals surface area contributed by atoms with Crippen molar-refractivity contribution in [3.05, 3.63) is 83.8 Å². The summed E-state index contributed by atoms with van der Waals surface area (Å²) in [5, 5.41) is 15.1. The number of hydrogen-bond acceptors (Lipinski definition) is 8. The fraction of sp³-hybridized carbons (Fsp3) is 0.429. The summed E-state index contributed by atoms with van der Waals surface area (Å²) in [4.78, 5) is 2.52. The normalized spacial score (nSPS) is 15.6. The van der Waals surface area contributed by atoms with Crippen LogP contribution in [0.4, 0.5) is 5.82 Å². The Morgan fingerprint density at radius 3 is 2.28 bits per heavy atom. The molecule has 0 spiro atoms. The lowest BCUT2D eigenvalue weighted by Crippen LogP contribution is -2.38. The van der Waals surface area contributed by atoms with Crippen LogP contribution in [0, 0.1) is 0 Å². The number of benzene rings is 2. The van der Waals surface area contributed by atoms with Gasteiger partial charge in [0.2, 0.25) is 0 Å². The van der Waals surface area contributed by atoms with Gasteiger partial charge in [0.25, 0.3) is 0 Å². The van der Waals surface area contributed by atoms with Crippen LogP contribution in [0.25, 0.3) is 16.3 Å². The van der Waals surface area contributed by atoms with E-state index >= 15 is 0 Å². The summed E-state index contributed by atoms with van der Waals surface area (Å²) in [7, 11) is 5.06. The predicted octanol–water partition coefficient (Wildman–Crippen LogP) is 7.03. The van der Waals surface area contributed by atoms with Gasteiger partial charge in [0, 0.05) is 50.2 Å². The van der Waals surface area contributed by atoms with Crippen LogP contribution in [0.1, 0.15) is 50.8 Å². The second kappa shape index (κ2) is 16.7. The third kappa shape index (κ3) is 9.05. The molecule has 230 valence electrons. The Bertz CT molecular complexity index is 1390. The highest BCUT2D eigenvalue weighted by Gasteiger charge is 2.22. The van der Waals surface area contributed by atoms with Gasteiger partial charge in [-0.1, -0.05) is 25.1 Å². The standard InChI is InChI=1S/C32H38N4O3.C3H8O/c1-4-20-39-27-11-8-23(9-12-27)22-36-18-16-25(17-19-36)33-32-30-21-28(38-3)14-15-29(30)31(34-35-32)24-6-5-7-26(37-2)13-10-24;1-3-4-2/h6-15,21,25H,4-5,16-20,22H2,1-3H3,(H,33,35);3H2,1-2H3. The number of piperidine rings is 1. The lowest BCUT2D eigenvalue weighted by molar-refractivity contribution is 0.211. The Kier molecular flexibility index (Phi) is 12.4. The first-order valence-corrected chi connectivity index (χ1v) is 15.2. The molecule has 0 bridgehead atoms. The van der Waals surface area contributed by atoms with Crippen LogP contribution < -0.4 is 14.8 Å². The van der Waals surface area contributed by atoms with Gasteiger partial charge in [0.05, 0.1) is 20.8 Å². The van der Waals surface area contributed by atoms with Crippen LogP contribution in [0.15, 0.2) is 72.5 Å². The molecule has 2 aliphatic rings. The van der Waals surface area contributed by atoms with Crippen LogP contribution in [-0.2, 0) is 16.0 Å². The van der Waals surface area contributed by atoms with Gasteiger partial charge in [-0.2, -0.15) is 0 Å². The predicted molar refractivity (Wildman–Crippen MR) is 175 cm³/mol. The second-order valence-corrected chi connectivity index (χ2v) is 10.6. The van der Waals surface area contributed by atoms with Crippen molar-refractivity contribution in [3.63, 3.8) is 0 Å².